The number of rotatable bonds is 2. The maximum Gasteiger partial charge on any atom is 0.308 e. The van der Waals surface area contributed by atoms with E-state index in [-0.39, 0.29) is 17.8 Å². The van der Waals surface area contributed by atoms with E-state index in [9.17, 15) is 9.59 Å². The lowest BCUT2D eigenvalue weighted by atomic mass is 9.97. The van der Waals surface area contributed by atoms with Gasteiger partial charge in [-0.15, -0.1) is 11.3 Å². The van der Waals surface area contributed by atoms with Gasteiger partial charge in [-0.05, 0) is 24.3 Å². The maximum absolute atomic E-state index is 12.0. The minimum atomic E-state index is -0.159. The third-order valence-electron chi connectivity index (χ3n) is 3.05. The summed E-state index contributed by atoms with van der Waals surface area (Å²) in [5, 5.41) is 1.90. The molecule has 0 aliphatic carbocycles. The molecule has 1 aromatic heterocycles. The van der Waals surface area contributed by atoms with Crippen LogP contribution in [0.4, 0.5) is 0 Å². The van der Waals surface area contributed by atoms with Crippen LogP contribution < -0.4 is 0 Å². The molecule has 1 amide bonds. The number of hydrogen-bond acceptors (Lipinski definition) is 4. The van der Waals surface area contributed by atoms with E-state index in [4.69, 9.17) is 4.74 Å². The first-order valence-electron chi connectivity index (χ1n) is 5.63. The summed E-state index contributed by atoms with van der Waals surface area (Å²) in [6, 6.07) is 3.71. The van der Waals surface area contributed by atoms with Gasteiger partial charge in [-0.25, -0.2) is 0 Å². The molecule has 1 fully saturated rings. The van der Waals surface area contributed by atoms with Gasteiger partial charge in [0.1, 0.15) is 0 Å². The number of carbonyl (C=O) groups excluding carboxylic acids is 2. The molecule has 1 aromatic rings. The zero-order valence-electron chi connectivity index (χ0n) is 9.72. The standard InChI is InChI=1S/C12H15NO3S/c1-16-12(15)9-4-6-13(7-5-9)11(14)10-3-2-8-17-10/h2-3,8-9H,4-7H2,1H3. The fourth-order valence-electron chi connectivity index (χ4n) is 2.04. The van der Waals surface area contributed by atoms with E-state index in [1.54, 1.807) is 0 Å². The summed E-state index contributed by atoms with van der Waals surface area (Å²) in [6.45, 7) is 1.27. The normalized spacial score (nSPS) is 16.9. The smallest absolute Gasteiger partial charge is 0.308 e. The fourth-order valence-corrected chi connectivity index (χ4v) is 2.73. The van der Waals surface area contributed by atoms with Gasteiger partial charge in [-0.1, -0.05) is 6.07 Å². The van der Waals surface area contributed by atoms with Gasteiger partial charge in [-0.3, -0.25) is 9.59 Å². The van der Waals surface area contributed by atoms with Gasteiger partial charge in [0.15, 0.2) is 0 Å². The predicted molar refractivity (Wildman–Crippen MR) is 65.0 cm³/mol. The van der Waals surface area contributed by atoms with Crippen molar-refractivity contribution in [2.75, 3.05) is 20.2 Å². The predicted octanol–water partition coefficient (Wildman–Crippen LogP) is 1.77. The lowest BCUT2D eigenvalue weighted by Crippen LogP contribution is -2.40. The van der Waals surface area contributed by atoms with E-state index in [0.717, 1.165) is 4.88 Å². The third-order valence-corrected chi connectivity index (χ3v) is 3.91. The van der Waals surface area contributed by atoms with Crippen molar-refractivity contribution >= 4 is 23.2 Å². The molecule has 17 heavy (non-hydrogen) atoms. The number of methoxy groups -OCH3 is 1. The Morgan fingerprint density at radius 3 is 2.65 bits per heavy atom. The average Bonchev–Trinajstić information content (AvgIpc) is 2.91. The van der Waals surface area contributed by atoms with Crippen LogP contribution in [0.2, 0.25) is 0 Å². The Hall–Kier alpha value is -1.36. The molecule has 0 saturated carbocycles. The van der Waals surface area contributed by atoms with Crippen LogP contribution in [0, 0.1) is 5.92 Å². The minimum absolute atomic E-state index is 0.0487. The topological polar surface area (TPSA) is 46.6 Å². The Bertz CT molecular complexity index is 394. The molecule has 0 bridgehead atoms. The molecule has 0 spiro atoms. The summed E-state index contributed by atoms with van der Waals surface area (Å²) in [5.41, 5.74) is 0. The average molecular weight is 253 g/mol. The monoisotopic (exact) mass is 253 g/mol. The second-order valence-electron chi connectivity index (χ2n) is 4.07. The van der Waals surface area contributed by atoms with Gasteiger partial charge in [-0.2, -0.15) is 0 Å². The molecule has 92 valence electrons. The largest absolute Gasteiger partial charge is 0.469 e. The van der Waals surface area contributed by atoms with Crippen LogP contribution in [0.3, 0.4) is 0 Å². The highest BCUT2D eigenvalue weighted by Gasteiger charge is 2.28. The van der Waals surface area contributed by atoms with Gasteiger partial charge in [0.05, 0.1) is 17.9 Å². The number of carbonyl (C=O) groups is 2. The van der Waals surface area contributed by atoms with Crippen LogP contribution in [0.5, 0.6) is 0 Å². The number of esters is 1. The molecule has 2 rings (SSSR count). The van der Waals surface area contributed by atoms with E-state index in [0.29, 0.717) is 25.9 Å². The molecular formula is C12H15NO3S. The van der Waals surface area contributed by atoms with E-state index in [1.807, 2.05) is 22.4 Å². The Kier molecular flexibility index (Phi) is 3.78. The third kappa shape index (κ3) is 2.66. The molecule has 0 unspecified atom stereocenters. The van der Waals surface area contributed by atoms with Crippen molar-refractivity contribution in [3.8, 4) is 0 Å². The number of nitrogens with zero attached hydrogens (tertiary/aromatic N) is 1. The van der Waals surface area contributed by atoms with Crippen molar-refractivity contribution in [2.45, 2.75) is 12.8 Å². The Morgan fingerprint density at radius 2 is 2.12 bits per heavy atom. The van der Waals surface area contributed by atoms with E-state index in [1.165, 1.54) is 18.4 Å². The van der Waals surface area contributed by atoms with Crippen molar-refractivity contribution in [1.82, 2.24) is 4.90 Å². The van der Waals surface area contributed by atoms with Gasteiger partial charge in [0, 0.05) is 13.1 Å². The summed E-state index contributed by atoms with van der Waals surface area (Å²) in [4.78, 5) is 26.0. The van der Waals surface area contributed by atoms with E-state index >= 15 is 0 Å². The fraction of sp³-hybridized carbons (Fsp3) is 0.500. The van der Waals surface area contributed by atoms with Crippen LogP contribution in [0.15, 0.2) is 17.5 Å². The first-order valence-corrected chi connectivity index (χ1v) is 6.51. The molecule has 0 N–H and O–H groups in total. The van der Waals surface area contributed by atoms with Crippen molar-refractivity contribution in [1.29, 1.82) is 0 Å². The van der Waals surface area contributed by atoms with E-state index in [2.05, 4.69) is 0 Å². The summed E-state index contributed by atoms with van der Waals surface area (Å²) in [6.07, 6.45) is 1.40. The highest BCUT2D eigenvalue weighted by molar-refractivity contribution is 7.12. The molecule has 0 atom stereocenters. The Labute approximate surface area is 104 Å². The first-order chi connectivity index (χ1) is 8.22. The SMILES string of the molecule is COC(=O)C1CCN(C(=O)c2cccs2)CC1. The summed E-state index contributed by atoms with van der Waals surface area (Å²) in [5.74, 6) is -0.135. The highest BCUT2D eigenvalue weighted by Crippen LogP contribution is 2.21. The molecular weight excluding hydrogens is 238 g/mol. The van der Waals surface area contributed by atoms with Gasteiger partial charge < -0.3 is 9.64 Å². The molecule has 1 aliphatic rings. The molecule has 0 aromatic carbocycles. The van der Waals surface area contributed by atoms with Crippen molar-refractivity contribution in [3.05, 3.63) is 22.4 Å². The number of amides is 1. The van der Waals surface area contributed by atoms with Crippen LogP contribution in [-0.4, -0.2) is 37.0 Å². The van der Waals surface area contributed by atoms with Crippen LogP contribution in [0.1, 0.15) is 22.5 Å². The summed E-state index contributed by atoms with van der Waals surface area (Å²) in [7, 11) is 1.41. The summed E-state index contributed by atoms with van der Waals surface area (Å²) < 4.78 is 4.72. The molecule has 0 radical (unpaired) electrons. The summed E-state index contributed by atoms with van der Waals surface area (Å²) >= 11 is 1.45. The van der Waals surface area contributed by atoms with Crippen LogP contribution >= 0.6 is 11.3 Å². The number of thiophene rings is 1. The molecule has 4 nitrogen and oxygen atoms in total. The van der Waals surface area contributed by atoms with Gasteiger partial charge >= 0.3 is 5.97 Å². The maximum atomic E-state index is 12.0. The first kappa shape index (κ1) is 12.1. The van der Waals surface area contributed by atoms with Crippen molar-refractivity contribution in [3.63, 3.8) is 0 Å². The zero-order valence-corrected chi connectivity index (χ0v) is 10.5. The second kappa shape index (κ2) is 5.31. The Morgan fingerprint density at radius 1 is 1.41 bits per heavy atom. The highest BCUT2D eigenvalue weighted by atomic mass is 32.1. The second-order valence-corrected chi connectivity index (χ2v) is 5.01. The lowest BCUT2D eigenvalue weighted by Gasteiger charge is -2.30. The number of piperidine rings is 1. The number of likely N-dealkylation sites (tertiary alicyclic amines) is 1. The van der Waals surface area contributed by atoms with E-state index < -0.39 is 0 Å². The van der Waals surface area contributed by atoms with Crippen molar-refractivity contribution in [2.24, 2.45) is 5.92 Å². The molecule has 5 heteroatoms. The quantitative estimate of drug-likeness (QED) is 0.755. The molecule has 1 saturated heterocycles. The van der Waals surface area contributed by atoms with Gasteiger partial charge in [0.25, 0.3) is 5.91 Å². The van der Waals surface area contributed by atoms with Gasteiger partial charge in [0.2, 0.25) is 0 Å². The van der Waals surface area contributed by atoms with Crippen LogP contribution in [0.25, 0.3) is 0 Å². The zero-order chi connectivity index (χ0) is 12.3. The Balaban J connectivity index is 1.91. The number of hydrogen-bond donors (Lipinski definition) is 0. The lowest BCUT2D eigenvalue weighted by molar-refractivity contribution is -0.146. The van der Waals surface area contributed by atoms with Crippen LogP contribution in [-0.2, 0) is 9.53 Å². The van der Waals surface area contributed by atoms with Crippen molar-refractivity contribution < 1.29 is 14.3 Å². The molecule has 2 heterocycles. The molecule has 1 aliphatic heterocycles. The minimum Gasteiger partial charge on any atom is -0.469 e. The number of ether oxygens (including phenoxy) is 1.